The lowest BCUT2D eigenvalue weighted by Crippen LogP contribution is -2.25. The normalized spacial score (nSPS) is 48.7. The van der Waals surface area contributed by atoms with Crippen LogP contribution >= 0.6 is 0 Å². The summed E-state index contributed by atoms with van der Waals surface area (Å²) in [7, 11) is 0. The summed E-state index contributed by atoms with van der Waals surface area (Å²) >= 11 is 0. The summed E-state index contributed by atoms with van der Waals surface area (Å²) in [4.78, 5) is 11.0. The van der Waals surface area contributed by atoms with Crippen LogP contribution in [0.15, 0.2) is 0 Å². The topological polar surface area (TPSA) is 26.3 Å². The first-order valence-corrected chi connectivity index (χ1v) is 7.34. The molecule has 0 aromatic heterocycles. The number of rotatable bonds is 3. The largest absolute Gasteiger partial charge is 0.462 e. The van der Waals surface area contributed by atoms with Crippen molar-refractivity contribution >= 4 is 5.97 Å². The zero-order chi connectivity index (χ0) is 12.0. The molecule has 0 aromatic rings. The molecule has 1 heterocycles. The third-order valence-electron chi connectivity index (χ3n) is 5.86. The summed E-state index contributed by atoms with van der Waals surface area (Å²) in [6, 6.07) is 0. The Bertz CT molecular complexity index is 310. The molecule has 2 aliphatic carbocycles. The molecular formula is C15H24O2. The summed E-state index contributed by atoms with van der Waals surface area (Å²) < 4.78 is 5.31. The zero-order valence-electron chi connectivity index (χ0n) is 11.0. The van der Waals surface area contributed by atoms with Gasteiger partial charge in [0, 0.05) is 6.42 Å². The maximum Gasteiger partial charge on any atom is 0.306 e. The average Bonchev–Trinajstić information content (AvgIpc) is 2.95. The second kappa shape index (κ2) is 4.29. The third kappa shape index (κ3) is 2.00. The molecule has 0 N–H and O–H groups in total. The van der Waals surface area contributed by atoms with E-state index in [1.165, 1.54) is 19.3 Å². The average molecular weight is 236 g/mol. The van der Waals surface area contributed by atoms with E-state index in [1.54, 1.807) is 0 Å². The van der Waals surface area contributed by atoms with Gasteiger partial charge in [-0.05, 0) is 61.7 Å². The lowest BCUT2D eigenvalue weighted by molar-refractivity contribution is -0.141. The highest BCUT2D eigenvalue weighted by Gasteiger charge is 2.48. The summed E-state index contributed by atoms with van der Waals surface area (Å²) in [5, 5.41) is 0. The highest BCUT2D eigenvalue weighted by Crippen LogP contribution is 2.56. The molecule has 0 aromatic carbocycles. The fourth-order valence-electron chi connectivity index (χ4n) is 4.61. The van der Waals surface area contributed by atoms with E-state index >= 15 is 0 Å². The van der Waals surface area contributed by atoms with Crippen molar-refractivity contribution in [2.75, 3.05) is 0 Å². The zero-order valence-corrected chi connectivity index (χ0v) is 11.0. The minimum absolute atomic E-state index is 0.0185. The van der Waals surface area contributed by atoms with E-state index in [0.717, 1.165) is 42.4 Å². The van der Waals surface area contributed by atoms with Crippen LogP contribution in [0, 0.1) is 29.6 Å². The summed E-state index contributed by atoms with van der Waals surface area (Å²) in [5.41, 5.74) is 0. The molecule has 1 aliphatic heterocycles. The van der Waals surface area contributed by atoms with Crippen LogP contribution in [0.2, 0.25) is 0 Å². The van der Waals surface area contributed by atoms with E-state index < -0.39 is 0 Å². The lowest BCUT2D eigenvalue weighted by Gasteiger charge is -2.32. The van der Waals surface area contributed by atoms with E-state index in [2.05, 4.69) is 13.8 Å². The van der Waals surface area contributed by atoms with Gasteiger partial charge in [-0.25, -0.2) is 0 Å². The van der Waals surface area contributed by atoms with Gasteiger partial charge in [-0.15, -0.1) is 0 Å². The molecule has 2 nitrogen and oxygen atoms in total. The predicted molar refractivity (Wildman–Crippen MR) is 66.4 cm³/mol. The Morgan fingerprint density at radius 2 is 2.00 bits per heavy atom. The van der Waals surface area contributed by atoms with Crippen LogP contribution in [0.25, 0.3) is 0 Å². The Morgan fingerprint density at radius 3 is 2.59 bits per heavy atom. The van der Waals surface area contributed by atoms with E-state index in [1.807, 2.05) is 0 Å². The van der Waals surface area contributed by atoms with Crippen molar-refractivity contribution in [3.63, 3.8) is 0 Å². The molecular weight excluding hydrogens is 212 g/mol. The number of cyclic esters (lactones) is 1. The van der Waals surface area contributed by atoms with Gasteiger partial charge in [0.25, 0.3) is 0 Å². The quantitative estimate of drug-likeness (QED) is 0.702. The second-order valence-corrected chi connectivity index (χ2v) is 6.60. The molecule has 0 radical (unpaired) electrons. The van der Waals surface area contributed by atoms with Crippen molar-refractivity contribution in [3.8, 4) is 0 Å². The number of hydrogen-bond acceptors (Lipinski definition) is 2. The minimum Gasteiger partial charge on any atom is -0.462 e. The fourth-order valence-corrected chi connectivity index (χ4v) is 4.61. The first kappa shape index (κ1) is 11.6. The maximum atomic E-state index is 11.0. The standard InChI is InChI=1S/C15H24O2/c1-9-10(2)14-8-12(9)7-11(14)3-4-13-5-6-15(16)17-13/h9-14H,3-8H2,1-2H3. The van der Waals surface area contributed by atoms with Gasteiger partial charge in [0.2, 0.25) is 0 Å². The van der Waals surface area contributed by atoms with Gasteiger partial charge in [-0.1, -0.05) is 13.8 Å². The van der Waals surface area contributed by atoms with E-state index in [4.69, 9.17) is 4.74 Å². The van der Waals surface area contributed by atoms with Crippen LogP contribution in [0.5, 0.6) is 0 Å². The molecule has 2 heteroatoms. The number of fused-ring (bicyclic) bond motifs is 2. The second-order valence-electron chi connectivity index (χ2n) is 6.60. The molecule has 6 unspecified atom stereocenters. The van der Waals surface area contributed by atoms with Crippen LogP contribution in [0.3, 0.4) is 0 Å². The van der Waals surface area contributed by atoms with Gasteiger partial charge in [0.1, 0.15) is 6.10 Å². The first-order valence-electron chi connectivity index (χ1n) is 7.34. The van der Waals surface area contributed by atoms with Crippen molar-refractivity contribution < 1.29 is 9.53 Å². The lowest BCUT2D eigenvalue weighted by atomic mass is 9.74. The van der Waals surface area contributed by atoms with Crippen molar-refractivity contribution in [2.24, 2.45) is 29.6 Å². The Labute approximate surface area is 104 Å². The minimum atomic E-state index is 0.0185. The fraction of sp³-hybridized carbons (Fsp3) is 0.933. The van der Waals surface area contributed by atoms with Crippen LogP contribution in [-0.2, 0) is 9.53 Å². The molecule has 3 fully saturated rings. The molecule has 96 valence electrons. The van der Waals surface area contributed by atoms with Crippen molar-refractivity contribution in [2.45, 2.75) is 58.5 Å². The van der Waals surface area contributed by atoms with Crippen LogP contribution in [0.4, 0.5) is 0 Å². The van der Waals surface area contributed by atoms with Gasteiger partial charge < -0.3 is 4.74 Å². The van der Waals surface area contributed by atoms with Gasteiger partial charge in [-0.2, -0.15) is 0 Å². The Morgan fingerprint density at radius 1 is 1.18 bits per heavy atom. The Kier molecular flexibility index (Phi) is 2.92. The molecule has 17 heavy (non-hydrogen) atoms. The van der Waals surface area contributed by atoms with Gasteiger partial charge >= 0.3 is 5.97 Å². The smallest absolute Gasteiger partial charge is 0.306 e. The molecule has 1 saturated heterocycles. The molecule has 2 saturated carbocycles. The molecule has 6 atom stereocenters. The van der Waals surface area contributed by atoms with Crippen molar-refractivity contribution in [1.29, 1.82) is 0 Å². The monoisotopic (exact) mass is 236 g/mol. The number of hydrogen-bond donors (Lipinski definition) is 0. The number of carbonyl (C=O) groups is 1. The third-order valence-corrected chi connectivity index (χ3v) is 5.86. The summed E-state index contributed by atoms with van der Waals surface area (Å²) in [5.74, 6) is 4.76. The SMILES string of the molecule is CC1C2CC(CCC3CCC(=O)O3)C(C2)C1C. The van der Waals surface area contributed by atoms with E-state index in [-0.39, 0.29) is 12.1 Å². The predicted octanol–water partition coefficient (Wildman–Crippen LogP) is 3.40. The highest BCUT2D eigenvalue weighted by molar-refractivity contribution is 5.71. The first-order chi connectivity index (χ1) is 8.15. The van der Waals surface area contributed by atoms with Gasteiger partial charge in [-0.3, -0.25) is 4.79 Å². The van der Waals surface area contributed by atoms with E-state index in [9.17, 15) is 4.79 Å². The van der Waals surface area contributed by atoms with E-state index in [0.29, 0.717) is 6.42 Å². The molecule has 3 aliphatic rings. The van der Waals surface area contributed by atoms with Crippen molar-refractivity contribution in [3.05, 3.63) is 0 Å². The highest BCUT2D eigenvalue weighted by atomic mass is 16.5. The number of carbonyl (C=O) groups excluding carboxylic acids is 1. The maximum absolute atomic E-state index is 11.0. The molecule has 0 amide bonds. The number of ether oxygens (including phenoxy) is 1. The summed E-state index contributed by atoms with van der Waals surface area (Å²) in [6.45, 7) is 4.88. The molecule has 2 bridgehead atoms. The van der Waals surface area contributed by atoms with Crippen LogP contribution < -0.4 is 0 Å². The Balaban J connectivity index is 1.49. The molecule has 3 rings (SSSR count). The van der Waals surface area contributed by atoms with Crippen molar-refractivity contribution in [1.82, 2.24) is 0 Å². The summed E-state index contributed by atoms with van der Waals surface area (Å²) in [6.07, 6.45) is 7.17. The van der Waals surface area contributed by atoms with Gasteiger partial charge in [0.05, 0.1) is 0 Å². The molecule has 0 spiro atoms. The van der Waals surface area contributed by atoms with Gasteiger partial charge in [0.15, 0.2) is 0 Å². The van der Waals surface area contributed by atoms with Crippen LogP contribution in [0.1, 0.15) is 52.4 Å². The number of esters is 1. The Hall–Kier alpha value is -0.530. The van der Waals surface area contributed by atoms with Crippen LogP contribution in [-0.4, -0.2) is 12.1 Å².